The second-order valence-corrected chi connectivity index (χ2v) is 8.23. The van der Waals surface area contributed by atoms with Crippen LogP contribution in [0.2, 0.25) is 5.02 Å². The van der Waals surface area contributed by atoms with Crippen molar-refractivity contribution in [3.05, 3.63) is 77.3 Å². The Hall–Kier alpha value is -2.92. The van der Waals surface area contributed by atoms with E-state index in [-0.39, 0.29) is 5.41 Å². The summed E-state index contributed by atoms with van der Waals surface area (Å²) in [5.41, 5.74) is 4.86. The average molecular weight is 392 g/mol. The third-order valence-corrected chi connectivity index (χ3v) is 4.84. The summed E-state index contributed by atoms with van der Waals surface area (Å²) in [6.45, 7) is 7.14. The number of fused-ring (bicyclic) bond motifs is 1. The van der Waals surface area contributed by atoms with Crippen molar-refractivity contribution >= 4 is 23.1 Å². The minimum atomic E-state index is -0.0893. The first kappa shape index (κ1) is 18.4. The summed E-state index contributed by atoms with van der Waals surface area (Å²) in [5, 5.41) is 8.80. The first-order valence-electron chi connectivity index (χ1n) is 9.20. The van der Waals surface area contributed by atoms with E-state index in [1.807, 2.05) is 53.3 Å². The highest BCUT2D eigenvalue weighted by Gasteiger charge is 2.20. The Labute approximate surface area is 169 Å². The van der Waals surface area contributed by atoms with Gasteiger partial charge in [0.15, 0.2) is 5.65 Å². The quantitative estimate of drug-likeness (QED) is 0.509. The Bertz CT molecular complexity index is 1100. The van der Waals surface area contributed by atoms with Gasteiger partial charge in [0.05, 0.1) is 11.9 Å². The molecule has 6 heteroatoms. The van der Waals surface area contributed by atoms with Gasteiger partial charge in [0.1, 0.15) is 5.82 Å². The van der Waals surface area contributed by atoms with Crippen molar-refractivity contribution in [3.63, 3.8) is 0 Å². The van der Waals surface area contributed by atoms with Crippen LogP contribution >= 0.6 is 11.6 Å². The van der Waals surface area contributed by atoms with Gasteiger partial charge in [0.2, 0.25) is 0 Å². The molecule has 0 aliphatic carbocycles. The van der Waals surface area contributed by atoms with Gasteiger partial charge < -0.3 is 5.32 Å². The molecule has 0 radical (unpaired) electrons. The van der Waals surface area contributed by atoms with E-state index in [2.05, 4.69) is 42.2 Å². The summed E-state index contributed by atoms with van der Waals surface area (Å²) >= 11 is 6.05. The van der Waals surface area contributed by atoms with E-state index >= 15 is 0 Å². The molecule has 28 heavy (non-hydrogen) atoms. The Balaban J connectivity index is 1.81. The normalized spacial score (nSPS) is 11.7. The van der Waals surface area contributed by atoms with Gasteiger partial charge >= 0.3 is 0 Å². The Morgan fingerprint density at radius 2 is 1.86 bits per heavy atom. The number of hydrogen-bond donors (Lipinski definition) is 1. The summed E-state index contributed by atoms with van der Waals surface area (Å²) < 4.78 is 1.86. The number of aromatic nitrogens is 4. The van der Waals surface area contributed by atoms with Crippen molar-refractivity contribution in [3.8, 4) is 11.1 Å². The Morgan fingerprint density at radius 3 is 2.54 bits per heavy atom. The molecule has 4 rings (SSSR count). The zero-order valence-corrected chi connectivity index (χ0v) is 16.9. The number of hydrogen-bond acceptors (Lipinski definition) is 4. The number of pyridine rings is 1. The van der Waals surface area contributed by atoms with Crippen LogP contribution in [0.15, 0.2) is 61.1 Å². The van der Waals surface area contributed by atoms with Crippen LogP contribution in [-0.4, -0.2) is 19.6 Å². The minimum Gasteiger partial charge on any atom is -0.366 e. The molecule has 3 heterocycles. The van der Waals surface area contributed by atoms with E-state index in [4.69, 9.17) is 16.6 Å². The van der Waals surface area contributed by atoms with Crippen molar-refractivity contribution in [2.45, 2.75) is 32.7 Å². The second kappa shape index (κ2) is 7.24. The smallest absolute Gasteiger partial charge is 0.165 e. The van der Waals surface area contributed by atoms with Crippen LogP contribution in [0.3, 0.4) is 0 Å². The lowest BCUT2D eigenvalue weighted by Gasteiger charge is -2.20. The molecule has 0 bridgehead atoms. The van der Waals surface area contributed by atoms with E-state index in [0.29, 0.717) is 11.6 Å². The topological polar surface area (TPSA) is 55.1 Å². The van der Waals surface area contributed by atoms with Crippen LogP contribution in [-0.2, 0) is 12.0 Å². The molecule has 0 saturated carbocycles. The largest absolute Gasteiger partial charge is 0.366 e. The maximum absolute atomic E-state index is 6.05. The third-order valence-electron chi connectivity index (χ3n) is 4.59. The van der Waals surface area contributed by atoms with Crippen LogP contribution in [0.5, 0.6) is 0 Å². The maximum atomic E-state index is 6.05. The van der Waals surface area contributed by atoms with E-state index in [1.54, 1.807) is 6.20 Å². The molecule has 142 valence electrons. The predicted octanol–water partition coefficient (Wildman–Crippen LogP) is 5.35. The molecular formula is C22H22ClN5. The molecule has 1 aromatic carbocycles. The molecule has 0 unspecified atom stereocenters. The second-order valence-electron chi connectivity index (χ2n) is 7.79. The number of anilines is 1. The molecule has 4 aromatic rings. The van der Waals surface area contributed by atoms with Crippen molar-refractivity contribution in [2.24, 2.45) is 0 Å². The predicted molar refractivity (Wildman–Crippen MR) is 114 cm³/mol. The van der Waals surface area contributed by atoms with Crippen molar-refractivity contribution in [1.82, 2.24) is 19.6 Å². The highest BCUT2D eigenvalue weighted by Crippen LogP contribution is 2.30. The van der Waals surface area contributed by atoms with Crippen molar-refractivity contribution in [1.29, 1.82) is 0 Å². The summed E-state index contributed by atoms with van der Waals surface area (Å²) in [6.07, 6.45) is 5.49. The van der Waals surface area contributed by atoms with Gasteiger partial charge in [-0.15, -0.1) is 0 Å². The number of halogens is 1. The number of rotatable bonds is 4. The highest BCUT2D eigenvalue weighted by atomic mass is 35.5. The molecule has 0 amide bonds. The van der Waals surface area contributed by atoms with Gasteiger partial charge in [-0.05, 0) is 29.3 Å². The molecule has 0 saturated heterocycles. The molecule has 0 spiro atoms. The summed E-state index contributed by atoms with van der Waals surface area (Å²) in [6, 6.07) is 13.8. The van der Waals surface area contributed by atoms with Crippen molar-refractivity contribution < 1.29 is 0 Å². The molecule has 0 atom stereocenters. The van der Waals surface area contributed by atoms with Crippen LogP contribution in [0.1, 0.15) is 32.0 Å². The molecule has 1 N–H and O–H groups in total. The number of nitrogens with zero attached hydrogens (tertiary/aromatic N) is 4. The third kappa shape index (κ3) is 3.71. The lowest BCUT2D eigenvalue weighted by molar-refractivity contribution is 0.568. The maximum Gasteiger partial charge on any atom is 0.165 e. The average Bonchev–Trinajstić information content (AvgIpc) is 3.11. The minimum absolute atomic E-state index is 0.0893. The zero-order valence-electron chi connectivity index (χ0n) is 16.1. The highest BCUT2D eigenvalue weighted by molar-refractivity contribution is 6.30. The SMILES string of the molecule is CC(C)(C)c1cc(NCc2cccnc2)n2ncc(-c3ccc(Cl)cc3)c2n1. The van der Waals surface area contributed by atoms with E-state index in [0.717, 1.165) is 33.8 Å². The van der Waals surface area contributed by atoms with Gasteiger partial charge in [-0.3, -0.25) is 4.98 Å². The van der Waals surface area contributed by atoms with Gasteiger partial charge in [-0.2, -0.15) is 9.61 Å². The standard InChI is InChI=1S/C22H22ClN5/c1-22(2,3)19-11-20(25-13-15-5-4-10-24-12-15)28-21(27-19)18(14-26-28)16-6-8-17(23)9-7-16/h4-12,14,25H,13H2,1-3H3. The fourth-order valence-corrected chi connectivity index (χ4v) is 3.13. The summed E-state index contributed by atoms with van der Waals surface area (Å²) in [5.74, 6) is 0.902. The molecule has 0 fully saturated rings. The fraction of sp³-hybridized carbons (Fsp3) is 0.227. The van der Waals surface area contributed by atoms with Crippen LogP contribution in [0.4, 0.5) is 5.82 Å². The monoisotopic (exact) mass is 391 g/mol. The first-order chi connectivity index (χ1) is 13.4. The molecule has 0 aliphatic rings. The lowest BCUT2D eigenvalue weighted by Crippen LogP contribution is -2.16. The molecule has 5 nitrogen and oxygen atoms in total. The van der Waals surface area contributed by atoms with Gasteiger partial charge in [-0.25, -0.2) is 4.98 Å². The summed E-state index contributed by atoms with van der Waals surface area (Å²) in [4.78, 5) is 9.12. The number of benzene rings is 1. The Morgan fingerprint density at radius 1 is 1.07 bits per heavy atom. The summed E-state index contributed by atoms with van der Waals surface area (Å²) in [7, 11) is 0. The zero-order chi connectivity index (χ0) is 19.7. The molecular weight excluding hydrogens is 370 g/mol. The Kier molecular flexibility index (Phi) is 4.77. The van der Waals surface area contributed by atoms with E-state index in [9.17, 15) is 0 Å². The van der Waals surface area contributed by atoms with Gasteiger partial charge in [0, 0.05) is 41.0 Å². The first-order valence-corrected chi connectivity index (χ1v) is 9.57. The van der Waals surface area contributed by atoms with Crippen LogP contribution < -0.4 is 5.32 Å². The van der Waals surface area contributed by atoms with Gasteiger partial charge in [-0.1, -0.05) is 50.6 Å². The fourth-order valence-electron chi connectivity index (χ4n) is 3.00. The molecule has 3 aromatic heterocycles. The van der Waals surface area contributed by atoms with Crippen molar-refractivity contribution in [2.75, 3.05) is 5.32 Å². The van der Waals surface area contributed by atoms with Crippen LogP contribution in [0.25, 0.3) is 16.8 Å². The van der Waals surface area contributed by atoms with E-state index in [1.165, 1.54) is 0 Å². The van der Waals surface area contributed by atoms with E-state index < -0.39 is 0 Å². The molecule has 0 aliphatic heterocycles. The van der Waals surface area contributed by atoms with Crippen LogP contribution in [0, 0.1) is 0 Å². The lowest BCUT2D eigenvalue weighted by atomic mass is 9.92. The number of nitrogens with one attached hydrogen (secondary N) is 1. The van der Waals surface area contributed by atoms with Gasteiger partial charge in [0.25, 0.3) is 0 Å².